The number of carbonyl (C=O) groups is 3. The van der Waals surface area contributed by atoms with Gasteiger partial charge in [-0.1, -0.05) is 0 Å². The minimum absolute atomic E-state index is 0.0376. The molecule has 3 amide bonds. The number of rotatable bonds is 8. The van der Waals surface area contributed by atoms with E-state index in [0.717, 1.165) is 12.8 Å². The largest absolute Gasteiger partial charge is 0.356 e. The van der Waals surface area contributed by atoms with Gasteiger partial charge in [-0.3, -0.25) is 14.4 Å². The van der Waals surface area contributed by atoms with Crippen LogP contribution in [0.1, 0.15) is 33.1 Å². The van der Waals surface area contributed by atoms with E-state index in [2.05, 4.69) is 16.0 Å². The lowest BCUT2D eigenvalue weighted by atomic mass is 10.3. The van der Waals surface area contributed by atoms with Crippen molar-refractivity contribution in [2.24, 2.45) is 0 Å². The predicted molar refractivity (Wildman–Crippen MR) is 64.2 cm³/mol. The molecule has 6 nitrogen and oxygen atoms in total. The molecule has 0 rings (SSSR count). The summed E-state index contributed by atoms with van der Waals surface area (Å²) in [6.45, 7) is 4.49. The van der Waals surface area contributed by atoms with Crippen LogP contribution in [-0.2, 0) is 14.4 Å². The van der Waals surface area contributed by atoms with Crippen molar-refractivity contribution >= 4 is 17.7 Å². The molecule has 0 saturated heterocycles. The first-order chi connectivity index (χ1) is 8.02. The van der Waals surface area contributed by atoms with Gasteiger partial charge in [-0.25, -0.2) is 0 Å². The van der Waals surface area contributed by atoms with Gasteiger partial charge in [-0.2, -0.15) is 0 Å². The third kappa shape index (κ3) is 12.3. The van der Waals surface area contributed by atoms with Crippen molar-refractivity contribution in [2.75, 3.05) is 19.6 Å². The summed E-state index contributed by atoms with van der Waals surface area (Å²) in [6.07, 6.45) is 1.96. The Hall–Kier alpha value is -1.59. The van der Waals surface area contributed by atoms with E-state index in [-0.39, 0.29) is 17.7 Å². The van der Waals surface area contributed by atoms with Crippen LogP contribution < -0.4 is 16.0 Å². The average molecular weight is 243 g/mol. The van der Waals surface area contributed by atoms with Crippen LogP contribution in [0.25, 0.3) is 0 Å². The van der Waals surface area contributed by atoms with Crippen LogP contribution in [0.5, 0.6) is 0 Å². The number of nitrogens with one attached hydrogen (secondary N) is 3. The molecule has 0 radical (unpaired) electrons. The van der Waals surface area contributed by atoms with Crippen molar-refractivity contribution < 1.29 is 14.4 Å². The van der Waals surface area contributed by atoms with Gasteiger partial charge in [0.15, 0.2) is 0 Å². The van der Waals surface area contributed by atoms with E-state index < -0.39 is 0 Å². The Morgan fingerprint density at radius 3 is 1.76 bits per heavy atom. The second kappa shape index (κ2) is 9.62. The fourth-order valence-corrected chi connectivity index (χ4v) is 1.18. The predicted octanol–water partition coefficient (Wildman–Crippen LogP) is -0.455. The Bertz CT molecular complexity index is 267. The third-order valence-electron chi connectivity index (χ3n) is 2.03. The molecule has 0 aromatic rings. The standard InChI is InChI=1S/C11H21N3O3/c1-9(15)12-6-3-4-7-14-11(17)5-8-13-10(2)16/h3-8H2,1-2H3,(H,12,15)(H,13,16)(H,14,17). The molecule has 0 aliphatic carbocycles. The van der Waals surface area contributed by atoms with E-state index in [9.17, 15) is 14.4 Å². The zero-order valence-electron chi connectivity index (χ0n) is 10.5. The molecule has 0 fully saturated rings. The Morgan fingerprint density at radius 2 is 1.24 bits per heavy atom. The molecule has 0 spiro atoms. The highest BCUT2D eigenvalue weighted by Gasteiger charge is 2.00. The molecule has 6 heteroatoms. The van der Waals surface area contributed by atoms with Gasteiger partial charge in [0.05, 0.1) is 0 Å². The average Bonchev–Trinajstić information content (AvgIpc) is 2.22. The van der Waals surface area contributed by atoms with Gasteiger partial charge in [-0.05, 0) is 12.8 Å². The lowest BCUT2D eigenvalue weighted by Gasteiger charge is -2.05. The molecule has 3 N–H and O–H groups in total. The van der Waals surface area contributed by atoms with E-state index in [1.54, 1.807) is 0 Å². The van der Waals surface area contributed by atoms with Gasteiger partial charge in [0.25, 0.3) is 0 Å². The summed E-state index contributed by atoms with van der Waals surface area (Å²) >= 11 is 0. The van der Waals surface area contributed by atoms with Gasteiger partial charge in [0.1, 0.15) is 0 Å². The van der Waals surface area contributed by atoms with Crippen LogP contribution >= 0.6 is 0 Å². The number of unbranched alkanes of at least 4 members (excludes halogenated alkanes) is 1. The van der Waals surface area contributed by atoms with Crippen molar-refractivity contribution in [3.05, 3.63) is 0 Å². The Balaban J connectivity index is 3.27. The van der Waals surface area contributed by atoms with Crippen LogP contribution in [-0.4, -0.2) is 37.4 Å². The van der Waals surface area contributed by atoms with Crippen molar-refractivity contribution in [3.63, 3.8) is 0 Å². The number of hydrogen-bond donors (Lipinski definition) is 3. The number of hydrogen-bond acceptors (Lipinski definition) is 3. The summed E-state index contributed by atoms with van der Waals surface area (Å²) in [7, 11) is 0. The third-order valence-corrected chi connectivity index (χ3v) is 2.03. The highest BCUT2D eigenvalue weighted by molar-refractivity contribution is 5.77. The molecule has 0 atom stereocenters. The van der Waals surface area contributed by atoms with Crippen LogP contribution in [0.2, 0.25) is 0 Å². The highest BCUT2D eigenvalue weighted by Crippen LogP contribution is 1.86. The van der Waals surface area contributed by atoms with Crippen molar-refractivity contribution in [2.45, 2.75) is 33.1 Å². The summed E-state index contributed by atoms with van der Waals surface area (Å²) in [5.41, 5.74) is 0. The molecular weight excluding hydrogens is 222 g/mol. The van der Waals surface area contributed by atoms with Gasteiger partial charge in [0.2, 0.25) is 17.7 Å². The summed E-state index contributed by atoms with van der Waals surface area (Å²) in [5, 5.41) is 7.98. The Kier molecular flexibility index (Phi) is 8.72. The zero-order valence-corrected chi connectivity index (χ0v) is 10.5. The Morgan fingerprint density at radius 1 is 0.765 bits per heavy atom. The lowest BCUT2D eigenvalue weighted by molar-refractivity contribution is -0.122. The van der Waals surface area contributed by atoms with Crippen LogP contribution in [0.3, 0.4) is 0 Å². The minimum atomic E-state index is -0.131. The van der Waals surface area contributed by atoms with Crippen molar-refractivity contribution in [1.29, 1.82) is 0 Å². The zero-order chi connectivity index (χ0) is 13.1. The molecule has 0 aromatic carbocycles. The maximum atomic E-state index is 11.2. The lowest BCUT2D eigenvalue weighted by Crippen LogP contribution is -2.30. The molecule has 17 heavy (non-hydrogen) atoms. The van der Waals surface area contributed by atoms with Gasteiger partial charge in [-0.15, -0.1) is 0 Å². The first-order valence-electron chi connectivity index (χ1n) is 5.78. The highest BCUT2D eigenvalue weighted by atomic mass is 16.2. The number of carbonyl (C=O) groups excluding carboxylic acids is 3. The van der Waals surface area contributed by atoms with Gasteiger partial charge >= 0.3 is 0 Å². The molecule has 0 saturated carbocycles. The van der Waals surface area contributed by atoms with Crippen LogP contribution in [0.4, 0.5) is 0 Å². The van der Waals surface area contributed by atoms with Gasteiger partial charge in [0, 0.05) is 39.9 Å². The maximum Gasteiger partial charge on any atom is 0.221 e. The maximum absolute atomic E-state index is 11.2. The summed E-state index contributed by atoms with van der Waals surface area (Å²) in [5.74, 6) is -0.240. The Labute approximate surface area is 102 Å². The molecule has 0 aromatic heterocycles. The fraction of sp³-hybridized carbons (Fsp3) is 0.727. The molecular formula is C11H21N3O3. The summed E-state index contributed by atoms with van der Waals surface area (Å²) in [4.78, 5) is 32.3. The first-order valence-corrected chi connectivity index (χ1v) is 5.78. The topological polar surface area (TPSA) is 87.3 Å². The molecule has 0 aliphatic rings. The molecule has 0 bridgehead atoms. The molecule has 0 aliphatic heterocycles. The SMILES string of the molecule is CC(=O)NCCCCNC(=O)CCNC(C)=O. The van der Waals surface area contributed by atoms with E-state index in [1.165, 1.54) is 13.8 Å². The van der Waals surface area contributed by atoms with Crippen molar-refractivity contribution in [3.8, 4) is 0 Å². The van der Waals surface area contributed by atoms with Crippen molar-refractivity contribution in [1.82, 2.24) is 16.0 Å². The van der Waals surface area contributed by atoms with E-state index >= 15 is 0 Å². The summed E-state index contributed by atoms with van der Waals surface area (Å²) < 4.78 is 0. The fourth-order valence-electron chi connectivity index (χ4n) is 1.18. The molecule has 0 heterocycles. The monoisotopic (exact) mass is 243 g/mol. The molecule has 0 unspecified atom stereocenters. The quantitative estimate of drug-likeness (QED) is 0.504. The molecule has 98 valence electrons. The van der Waals surface area contributed by atoms with Gasteiger partial charge < -0.3 is 16.0 Å². The normalized spacial score (nSPS) is 9.53. The number of amides is 3. The van der Waals surface area contributed by atoms with E-state index in [4.69, 9.17) is 0 Å². The minimum Gasteiger partial charge on any atom is -0.356 e. The first kappa shape index (κ1) is 15.4. The second-order valence-electron chi connectivity index (χ2n) is 3.77. The van der Waals surface area contributed by atoms with E-state index in [0.29, 0.717) is 26.1 Å². The summed E-state index contributed by atoms with van der Waals surface area (Å²) in [6, 6.07) is 0. The second-order valence-corrected chi connectivity index (χ2v) is 3.77. The van der Waals surface area contributed by atoms with Crippen LogP contribution in [0, 0.1) is 0 Å². The van der Waals surface area contributed by atoms with E-state index in [1.807, 2.05) is 0 Å². The van der Waals surface area contributed by atoms with Crippen LogP contribution in [0.15, 0.2) is 0 Å². The smallest absolute Gasteiger partial charge is 0.221 e.